The Hall–Kier alpha value is -2.84. The minimum atomic E-state index is -2.17. The first-order valence-electron chi connectivity index (χ1n) is 15.8. The van der Waals surface area contributed by atoms with E-state index in [9.17, 15) is 19.8 Å². The minimum absolute atomic E-state index is 0.00739. The second-order valence-electron chi connectivity index (χ2n) is 11.6. The van der Waals surface area contributed by atoms with Crippen molar-refractivity contribution in [1.29, 1.82) is 10.8 Å². The molecule has 14 heteroatoms. The first-order chi connectivity index (χ1) is 20.2. The number of nitrogens with zero attached hydrogens (tertiary/aromatic N) is 1. The van der Waals surface area contributed by atoms with E-state index in [2.05, 4.69) is 38.8 Å². The molecule has 0 radical (unpaired) electrons. The molecule has 3 rings (SSSR count). The molecule has 10 N–H and O–H groups in total. The molecular formula is C28H53N9O5. The third-order valence-electron chi connectivity index (χ3n) is 8.33. The molecule has 42 heavy (non-hydrogen) atoms. The Morgan fingerprint density at radius 1 is 0.929 bits per heavy atom. The SMILES string of the molecule is CCCCCCNCCCCCC(=O)NCCCCCCNC(=O)OC[C@@H]1NC(=N)N2CCC(O)(O)[C@@]23NC(=N)N[C@@H]13. The molecule has 3 atom stereocenters. The van der Waals surface area contributed by atoms with Crippen molar-refractivity contribution in [2.24, 2.45) is 0 Å². The van der Waals surface area contributed by atoms with Gasteiger partial charge in [0.1, 0.15) is 6.61 Å². The second-order valence-corrected chi connectivity index (χ2v) is 11.6. The summed E-state index contributed by atoms with van der Waals surface area (Å²) in [5.41, 5.74) is -1.49. The van der Waals surface area contributed by atoms with Crippen LogP contribution in [-0.2, 0) is 9.53 Å². The molecule has 3 heterocycles. The summed E-state index contributed by atoms with van der Waals surface area (Å²) in [7, 11) is 0. The molecule has 0 aromatic carbocycles. The van der Waals surface area contributed by atoms with E-state index in [0.29, 0.717) is 19.5 Å². The molecule has 0 aliphatic carbocycles. The van der Waals surface area contributed by atoms with E-state index in [1.807, 2.05) is 0 Å². The third-order valence-corrected chi connectivity index (χ3v) is 8.33. The van der Waals surface area contributed by atoms with Crippen molar-refractivity contribution in [2.45, 2.75) is 114 Å². The fraction of sp³-hybridized carbons (Fsp3) is 0.857. The van der Waals surface area contributed by atoms with Gasteiger partial charge in [-0.25, -0.2) is 4.79 Å². The monoisotopic (exact) mass is 595 g/mol. The summed E-state index contributed by atoms with van der Waals surface area (Å²) in [6, 6.07) is -1.36. The lowest BCUT2D eigenvalue weighted by molar-refractivity contribution is -0.223. The van der Waals surface area contributed by atoms with Gasteiger partial charge in [-0.1, -0.05) is 45.4 Å². The average molecular weight is 596 g/mol. The molecule has 0 bridgehead atoms. The van der Waals surface area contributed by atoms with Crippen molar-refractivity contribution in [1.82, 2.24) is 36.8 Å². The van der Waals surface area contributed by atoms with Gasteiger partial charge in [0, 0.05) is 32.5 Å². The van der Waals surface area contributed by atoms with Crippen LogP contribution in [0.4, 0.5) is 4.79 Å². The molecule has 3 aliphatic heterocycles. The summed E-state index contributed by atoms with van der Waals surface area (Å²) in [5, 5.41) is 55.4. The number of amides is 2. The number of nitrogens with one attached hydrogen (secondary N) is 8. The fourth-order valence-corrected chi connectivity index (χ4v) is 6.00. The van der Waals surface area contributed by atoms with Crippen LogP contribution < -0.4 is 31.9 Å². The highest BCUT2D eigenvalue weighted by molar-refractivity contribution is 5.87. The summed E-state index contributed by atoms with van der Waals surface area (Å²) >= 11 is 0. The van der Waals surface area contributed by atoms with Gasteiger partial charge >= 0.3 is 6.09 Å². The van der Waals surface area contributed by atoms with Gasteiger partial charge in [-0.15, -0.1) is 0 Å². The quantitative estimate of drug-likeness (QED) is 0.0700. The fourth-order valence-electron chi connectivity index (χ4n) is 6.00. The number of ether oxygens (including phenoxy) is 1. The zero-order chi connectivity index (χ0) is 30.4. The van der Waals surface area contributed by atoms with Gasteiger partial charge in [0.15, 0.2) is 17.6 Å². The molecular weight excluding hydrogens is 542 g/mol. The Balaban J connectivity index is 1.17. The largest absolute Gasteiger partial charge is 0.447 e. The molecule has 3 aliphatic rings. The van der Waals surface area contributed by atoms with E-state index < -0.39 is 29.6 Å². The molecule has 3 fully saturated rings. The van der Waals surface area contributed by atoms with Crippen molar-refractivity contribution in [3.8, 4) is 0 Å². The first-order valence-corrected chi connectivity index (χ1v) is 15.8. The van der Waals surface area contributed by atoms with E-state index in [4.69, 9.17) is 15.6 Å². The van der Waals surface area contributed by atoms with Gasteiger partial charge in [-0.2, -0.15) is 0 Å². The van der Waals surface area contributed by atoms with Crippen LogP contribution in [0.2, 0.25) is 0 Å². The van der Waals surface area contributed by atoms with Crippen LogP contribution in [-0.4, -0.2) is 102 Å². The summed E-state index contributed by atoms with van der Waals surface area (Å²) in [6.45, 7) is 5.57. The predicted molar refractivity (Wildman–Crippen MR) is 160 cm³/mol. The van der Waals surface area contributed by atoms with Crippen molar-refractivity contribution in [2.75, 3.05) is 39.3 Å². The van der Waals surface area contributed by atoms with Crippen molar-refractivity contribution in [3.05, 3.63) is 0 Å². The van der Waals surface area contributed by atoms with Crippen molar-refractivity contribution >= 4 is 23.9 Å². The molecule has 240 valence electrons. The first kappa shape index (κ1) is 33.7. The maximum absolute atomic E-state index is 12.2. The maximum atomic E-state index is 12.2. The van der Waals surface area contributed by atoms with Crippen LogP contribution in [0.1, 0.15) is 90.4 Å². The lowest BCUT2D eigenvalue weighted by Crippen LogP contribution is -2.80. The highest BCUT2D eigenvalue weighted by Gasteiger charge is 2.70. The Labute approximate surface area is 249 Å². The smallest absolute Gasteiger partial charge is 0.407 e. The summed E-state index contributed by atoms with van der Waals surface area (Å²) in [6.07, 6.45) is 11.7. The number of alkyl carbamates (subject to hydrolysis) is 1. The molecule has 2 amide bonds. The topological polar surface area (TPSA) is 207 Å². The summed E-state index contributed by atoms with van der Waals surface area (Å²) in [5.74, 6) is -2.17. The Morgan fingerprint density at radius 3 is 2.29 bits per heavy atom. The molecule has 3 saturated heterocycles. The average Bonchev–Trinajstić information content (AvgIpc) is 3.45. The molecule has 14 nitrogen and oxygen atoms in total. The lowest BCUT2D eigenvalue weighted by atomic mass is 9.86. The van der Waals surface area contributed by atoms with E-state index >= 15 is 0 Å². The van der Waals surface area contributed by atoms with Gasteiger partial charge in [0.2, 0.25) is 11.7 Å². The van der Waals surface area contributed by atoms with Gasteiger partial charge in [-0.05, 0) is 45.2 Å². The number of carbonyl (C=O) groups is 2. The number of hydrogen-bond acceptors (Lipinski definition) is 8. The van der Waals surface area contributed by atoms with Crippen molar-refractivity contribution in [3.63, 3.8) is 0 Å². The van der Waals surface area contributed by atoms with Gasteiger partial charge in [-0.3, -0.25) is 15.6 Å². The zero-order valence-corrected chi connectivity index (χ0v) is 25.2. The summed E-state index contributed by atoms with van der Waals surface area (Å²) < 4.78 is 5.36. The lowest BCUT2D eigenvalue weighted by Gasteiger charge is -2.51. The number of guanidine groups is 2. The zero-order valence-electron chi connectivity index (χ0n) is 25.2. The van der Waals surface area contributed by atoms with Crippen LogP contribution in [0.15, 0.2) is 0 Å². The highest BCUT2D eigenvalue weighted by Crippen LogP contribution is 2.42. The summed E-state index contributed by atoms with van der Waals surface area (Å²) in [4.78, 5) is 25.7. The second kappa shape index (κ2) is 16.7. The van der Waals surface area contributed by atoms with Gasteiger partial charge in [0.25, 0.3) is 0 Å². The van der Waals surface area contributed by atoms with Crippen molar-refractivity contribution < 1.29 is 24.5 Å². The number of rotatable bonds is 20. The minimum Gasteiger partial charge on any atom is -0.447 e. The predicted octanol–water partition coefficient (Wildman–Crippen LogP) is 0.605. The van der Waals surface area contributed by atoms with E-state index in [1.165, 1.54) is 30.6 Å². The Bertz CT molecular complexity index is 905. The van der Waals surface area contributed by atoms with Gasteiger partial charge < -0.3 is 51.8 Å². The number of aliphatic hydroxyl groups is 2. The van der Waals surface area contributed by atoms with Crippen LogP contribution in [0, 0.1) is 10.8 Å². The molecule has 0 aromatic heterocycles. The highest BCUT2D eigenvalue weighted by atomic mass is 16.5. The van der Waals surface area contributed by atoms with Crippen LogP contribution in [0.25, 0.3) is 0 Å². The van der Waals surface area contributed by atoms with E-state index in [-0.39, 0.29) is 37.4 Å². The molecule has 1 spiro atoms. The van der Waals surface area contributed by atoms with Crippen LogP contribution in [0.3, 0.4) is 0 Å². The Morgan fingerprint density at radius 2 is 1.57 bits per heavy atom. The van der Waals surface area contributed by atoms with Crippen LogP contribution in [0.5, 0.6) is 0 Å². The number of carbonyl (C=O) groups excluding carboxylic acids is 2. The Kier molecular flexibility index (Phi) is 13.4. The van der Waals surface area contributed by atoms with E-state index in [1.54, 1.807) is 0 Å². The van der Waals surface area contributed by atoms with E-state index in [0.717, 1.165) is 58.0 Å². The van der Waals surface area contributed by atoms with Crippen LogP contribution >= 0.6 is 0 Å². The normalized spacial score (nSPS) is 23.8. The van der Waals surface area contributed by atoms with Gasteiger partial charge in [0.05, 0.1) is 12.1 Å². The maximum Gasteiger partial charge on any atom is 0.407 e. The molecule has 0 unspecified atom stereocenters. The third kappa shape index (κ3) is 9.08. The molecule has 0 saturated carbocycles. The standard InChI is InChI=1S/C28H53N9O5/c1-2-3-4-9-15-31-16-10-7-8-13-22(38)32-17-11-5-6-12-18-33-26(39)42-20-21-23-28(36-24(29)35-23)27(40,41)14-19-37(28)25(30)34-21/h21,23,31,40-41H,2-20H2,1H3,(H2,30,34)(H,32,38)(H,33,39)(H3,29,35,36)/t21-,23-,28-/m0/s1. The molecule has 0 aromatic rings. The number of hydrogen-bond donors (Lipinski definition) is 10. The number of unbranched alkanes of at least 4 members (excludes halogenated alkanes) is 8.